The third kappa shape index (κ3) is 5.38. The Labute approximate surface area is 192 Å². The van der Waals surface area contributed by atoms with Gasteiger partial charge in [0.25, 0.3) is 5.91 Å². The number of amides is 2. The first-order valence-corrected chi connectivity index (χ1v) is 11.1. The van der Waals surface area contributed by atoms with Gasteiger partial charge in [0, 0.05) is 42.1 Å². The summed E-state index contributed by atoms with van der Waals surface area (Å²) in [5.41, 5.74) is 8.90. The van der Waals surface area contributed by atoms with Crippen LogP contribution in [-0.4, -0.2) is 18.4 Å². The van der Waals surface area contributed by atoms with E-state index in [0.29, 0.717) is 30.9 Å². The highest BCUT2D eigenvalue weighted by Gasteiger charge is 2.24. The van der Waals surface area contributed by atoms with Crippen LogP contribution in [0.15, 0.2) is 72.8 Å². The van der Waals surface area contributed by atoms with Crippen molar-refractivity contribution >= 4 is 28.9 Å². The average molecular weight is 447 g/mol. The van der Waals surface area contributed by atoms with Crippen LogP contribution in [0, 0.1) is 5.82 Å². The SMILES string of the molecule is NCc1cccc(N[C@@H](C(=O)Nc2ccc(N3CCCCC3=O)cc2)c2ccccc2F)c1. The average Bonchev–Trinajstić information content (AvgIpc) is 2.84. The summed E-state index contributed by atoms with van der Waals surface area (Å²) >= 11 is 0. The van der Waals surface area contributed by atoms with Gasteiger partial charge in [-0.15, -0.1) is 0 Å². The molecule has 1 aliphatic rings. The number of piperidine rings is 1. The number of nitrogens with zero attached hydrogens (tertiary/aromatic N) is 1. The van der Waals surface area contributed by atoms with Gasteiger partial charge in [0.2, 0.25) is 5.91 Å². The molecule has 3 aromatic rings. The fourth-order valence-corrected chi connectivity index (χ4v) is 3.97. The van der Waals surface area contributed by atoms with Crippen LogP contribution in [0.25, 0.3) is 0 Å². The summed E-state index contributed by atoms with van der Waals surface area (Å²) in [6.07, 6.45) is 2.45. The van der Waals surface area contributed by atoms with E-state index in [0.717, 1.165) is 24.1 Å². The fraction of sp³-hybridized carbons (Fsp3) is 0.231. The molecule has 0 aromatic heterocycles. The van der Waals surface area contributed by atoms with Crippen molar-refractivity contribution in [2.45, 2.75) is 31.8 Å². The van der Waals surface area contributed by atoms with E-state index in [9.17, 15) is 14.0 Å². The summed E-state index contributed by atoms with van der Waals surface area (Å²) in [7, 11) is 0. The molecule has 33 heavy (non-hydrogen) atoms. The highest BCUT2D eigenvalue weighted by molar-refractivity contribution is 5.98. The van der Waals surface area contributed by atoms with Gasteiger partial charge in [-0.2, -0.15) is 0 Å². The Hall–Kier alpha value is -3.71. The lowest BCUT2D eigenvalue weighted by Crippen LogP contribution is -2.35. The van der Waals surface area contributed by atoms with E-state index in [1.165, 1.54) is 6.07 Å². The largest absolute Gasteiger partial charge is 0.370 e. The van der Waals surface area contributed by atoms with E-state index >= 15 is 0 Å². The van der Waals surface area contributed by atoms with E-state index < -0.39 is 17.8 Å². The molecule has 170 valence electrons. The molecule has 0 bridgehead atoms. The van der Waals surface area contributed by atoms with Gasteiger partial charge in [0.05, 0.1) is 0 Å². The van der Waals surface area contributed by atoms with Crippen LogP contribution in [0.2, 0.25) is 0 Å². The first kappa shape index (κ1) is 22.5. The molecular weight excluding hydrogens is 419 g/mol. The molecule has 4 N–H and O–H groups in total. The van der Waals surface area contributed by atoms with Crippen LogP contribution in [0.5, 0.6) is 0 Å². The van der Waals surface area contributed by atoms with Gasteiger partial charge in [-0.1, -0.05) is 30.3 Å². The van der Waals surface area contributed by atoms with Gasteiger partial charge in [-0.05, 0) is 60.9 Å². The molecule has 2 amide bonds. The van der Waals surface area contributed by atoms with Crippen LogP contribution in [0.4, 0.5) is 21.5 Å². The smallest absolute Gasteiger partial charge is 0.251 e. The minimum absolute atomic E-state index is 0.113. The number of hydrogen-bond acceptors (Lipinski definition) is 4. The van der Waals surface area contributed by atoms with Crippen LogP contribution in [-0.2, 0) is 16.1 Å². The number of carbonyl (C=O) groups is 2. The zero-order chi connectivity index (χ0) is 23.2. The second-order valence-electron chi connectivity index (χ2n) is 8.04. The second kappa shape index (κ2) is 10.3. The Bertz CT molecular complexity index is 1130. The Morgan fingerprint density at radius 2 is 1.79 bits per heavy atom. The molecule has 1 aliphatic heterocycles. The molecule has 7 heteroatoms. The molecule has 4 rings (SSSR count). The van der Waals surface area contributed by atoms with Crippen LogP contribution >= 0.6 is 0 Å². The van der Waals surface area contributed by atoms with Crippen molar-refractivity contribution < 1.29 is 14.0 Å². The van der Waals surface area contributed by atoms with E-state index in [2.05, 4.69) is 10.6 Å². The van der Waals surface area contributed by atoms with Crippen LogP contribution in [0.3, 0.4) is 0 Å². The van der Waals surface area contributed by atoms with Crippen molar-refractivity contribution in [2.24, 2.45) is 5.73 Å². The van der Waals surface area contributed by atoms with Gasteiger partial charge in [0.15, 0.2) is 0 Å². The predicted molar refractivity (Wildman–Crippen MR) is 128 cm³/mol. The summed E-state index contributed by atoms with van der Waals surface area (Å²) in [4.78, 5) is 27.2. The van der Waals surface area contributed by atoms with Crippen molar-refractivity contribution in [1.29, 1.82) is 0 Å². The second-order valence-corrected chi connectivity index (χ2v) is 8.04. The highest BCUT2D eigenvalue weighted by atomic mass is 19.1. The Balaban J connectivity index is 1.55. The molecule has 0 radical (unpaired) electrons. The number of hydrogen-bond donors (Lipinski definition) is 3. The zero-order valence-electron chi connectivity index (χ0n) is 18.3. The van der Waals surface area contributed by atoms with Crippen molar-refractivity contribution in [3.63, 3.8) is 0 Å². The van der Waals surface area contributed by atoms with Crippen molar-refractivity contribution in [3.05, 3.63) is 89.7 Å². The fourth-order valence-electron chi connectivity index (χ4n) is 3.97. The standard InChI is InChI=1S/C26H27FN4O2/c27-23-9-2-1-8-22(23)25(29-20-7-5-6-18(16-20)17-28)26(33)30-19-11-13-21(14-12-19)31-15-4-3-10-24(31)32/h1-2,5-9,11-14,16,25,29H,3-4,10,15,17,28H2,(H,30,33)/t25-/m1/s1. The van der Waals surface area contributed by atoms with Crippen LogP contribution in [0.1, 0.15) is 36.4 Å². The number of rotatable bonds is 7. The number of nitrogens with two attached hydrogens (primary N) is 1. The molecule has 0 aliphatic carbocycles. The number of benzene rings is 3. The Morgan fingerprint density at radius 3 is 2.52 bits per heavy atom. The predicted octanol–water partition coefficient (Wildman–Crippen LogP) is 4.59. The van der Waals surface area contributed by atoms with Gasteiger partial charge in [0.1, 0.15) is 11.9 Å². The lowest BCUT2D eigenvalue weighted by molar-refractivity contribution is -0.119. The number of halogens is 1. The maximum absolute atomic E-state index is 14.6. The van der Waals surface area contributed by atoms with E-state index in [4.69, 9.17) is 5.73 Å². The van der Waals surface area contributed by atoms with E-state index in [-0.39, 0.29) is 11.5 Å². The van der Waals surface area contributed by atoms with E-state index in [1.807, 2.05) is 36.4 Å². The van der Waals surface area contributed by atoms with Crippen LogP contribution < -0.4 is 21.3 Å². The first-order valence-electron chi connectivity index (χ1n) is 11.1. The summed E-state index contributed by atoms with van der Waals surface area (Å²) in [5.74, 6) is -0.763. The minimum Gasteiger partial charge on any atom is -0.370 e. The van der Waals surface area contributed by atoms with Gasteiger partial charge >= 0.3 is 0 Å². The molecule has 1 heterocycles. The molecule has 1 saturated heterocycles. The topological polar surface area (TPSA) is 87.5 Å². The Kier molecular flexibility index (Phi) is 7.00. The molecule has 1 fully saturated rings. The zero-order valence-corrected chi connectivity index (χ0v) is 18.3. The maximum atomic E-state index is 14.6. The third-order valence-corrected chi connectivity index (χ3v) is 5.72. The number of carbonyl (C=O) groups excluding carboxylic acids is 2. The van der Waals surface area contributed by atoms with Gasteiger partial charge in [-0.3, -0.25) is 9.59 Å². The number of nitrogens with one attached hydrogen (secondary N) is 2. The maximum Gasteiger partial charge on any atom is 0.251 e. The highest BCUT2D eigenvalue weighted by Crippen LogP contribution is 2.26. The molecule has 0 unspecified atom stereocenters. The molecule has 1 atom stereocenters. The first-order chi connectivity index (χ1) is 16.0. The molecule has 6 nitrogen and oxygen atoms in total. The van der Waals surface area contributed by atoms with Crippen molar-refractivity contribution in [2.75, 3.05) is 22.1 Å². The molecular formula is C26H27FN4O2. The monoisotopic (exact) mass is 446 g/mol. The summed E-state index contributed by atoms with van der Waals surface area (Å²) < 4.78 is 14.6. The normalized spacial score (nSPS) is 14.6. The summed E-state index contributed by atoms with van der Waals surface area (Å²) in [6.45, 7) is 1.06. The third-order valence-electron chi connectivity index (χ3n) is 5.72. The molecule has 3 aromatic carbocycles. The van der Waals surface area contributed by atoms with Gasteiger partial charge < -0.3 is 21.3 Å². The number of anilines is 3. The summed E-state index contributed by atoms with van der Waals surface area (Å²) in [5, 5.41) is 6.00. The minimum atomic E-state index is -0.956. The van der Waals surface area contributed by atoms with Crippen molar-refractivity contribution in [3.8, 4) is 0 Å². The lowest BCUT2D eigenvalue weighted by atomic mass is 10.0. The quantitative estimate of drug-likeness (QED) is 0.495. The van der Waals surface area contributed by atoms with Gasteiger partial charge in [-0.25, -0.2) is 4.39 Å². The Morgan fingerprint density at radius 1 is 1.00 bits per heavy atom. The van der Waals surface area contributed by atoms with E-state index in [1.54, 1.807) is 35.2 Å². The van der Waals surface area contributed by atoms with Crippen molar-refractivity contribution in [1.82, 2.24) is 0 Å². The molecule has 0 spiro atoms. The lowest BCUT2D eigenvalue weighted by Gasteiger charge is -2.27. The molecule has 0 saturated carbocycles. The summed E-state index contributed by atoms with van der Waals surface area (Å²) in [6, 6.07) is 19.8.